The lowest BCUT2D eigenvalue weighted by Gasteiger charge is -2.17. The van der Waals surface area contributed by atoms with E-state index in [0.29, 0.717) is 13.0 Å². The van der Waals surface area contributed by atoms with Gasteiger partial charge >= 0.3 is 0 Å². The van der Waals surface area contributed by atoms with E-state index in [4.69, 9.17) is 13.7 Å². The van der Waals surface area contributed by atoms with Gasteiger partial charge in [0.05, 0.1) is 19.0 Å². The van der Waals surface area contributed by atoms with Crippen molar-refractivity contribution in [1.82, 2.24) is 0 Å². The Kier molecular flexibility index (Phi) is 5.58. The summed E-state index contributed by atoms with van der Waals surface area (Å²) in [4.78, 5) is 0. The molecule has 29 heavy (non-hydrogen) atoms. The first-order valence-electron chi connectivity index (χ1n) is 9.55. The molecular formula is C23H24O5S. The van der Waals surface area contributed by atoms with Gasteiger partial charge in [-0.25, -0.2) is 0 Å². The molecule has 0 amide bonds. The third kappa shape index (κ3) is 4.29. The van der Waals surface area contributed by atoms with Crippen LogP contribution in [0.4, 0.5) is 0 Å². The molecule has 5 nitrogen and oxygen atoms in total. The van der Waals surface area contributed by atoms with Gasteiger partial charge in [0.2, 0.25) is 0 Å². The van der Waals surface area contributed by atoms with Crippen molar-refractivity contribution in [2.75, 3.05) is 20.0 Å². The molecule has 4 rings (SSSR count). The molecule has 2 unspecified atom stereocenters. The summed E-state index contributed by atoms with van der Waals surface area (Å²) in [6.07, 6.45) is 1.63. The van der Waals surface area contributed by atoms with Crippen LogP contribution in [0, 0.1) is 0 Å². The van der Waals surface area contributed by atoms with Crippen LogP contribution in [0.1, 0.15) is 35.1 Å². The molecule has 0 saturated carbocycles. The van der Waals surface area contributed by atoms with Gasteiger partial charge in [0.15, 0.2) is 0 Å². The van der Waals surface area contributed by atoms with Crippen molar-refractivity contribution in [2.24, 2.45) is 0 Å². The molecule has 0 heterocycles. The first-order valence-corrected chi connectivity index (χ1v) is 11.4. The summed E-state index contributed by atoms with van der Waals surface area (Å²) >= 11 is 0. The Labute approximate surface area is 171 Å². The normalized spacial score (nSPS) is 18.7. The second-order valence-electron chi connectivity index (χ2n) is 7.34. The SMILES string of the molecule is COC1CC(COS(C)(=O)=O)c2c1cc(OCc1ccccc1)c1ccccc21. The fraction of sp³-hybridized carbons (Fsp3) is 0.304. The fourth-order valence-corrected chi connectivity index (χ4v) is 4.46. The van der Waals surface area contributed by atoms with Crippen molar-refractivity contribution in [3.63, 3.8) is 0 Å². The molecule has 1 aliphatic carbocycles. The molecule has 3 aromatic rings. The summed E-state index contributed by atoms with van der Waals surface area (Å²) < 4.78 is 40.1. The fourth-order valence-electron chi connectivity index (χ4n) is 4.05. The van der Waals surface area contributed by atoms with Crippen LogP contribution >= 0.6 is 0 Å². The van der Waals surface area contributed by atoms with Crippen molar-refractivity contribution >= 4 is 20.9 Å². The van der Waals surface area contributed by atoms with Gasteiger partial charge in [0.25, 0.3) is 10.1 Å². The Bertz CT molecular complexity index is 1110. The van der Waals surface area contributed by atoms with Gasteiger partial charge in [-0.15, -0.1) is 0 Å². The zero-order chi connectivity index (χ0) is 20.4. The Balaban J connectivity index is 1.74. The Morgan fingerprint density at radius 3 is 2.38 bits per heavy atom. The molecule has 152 valence electrons. The first kappa shape index (κ1) is 19.9. The number of hydrogen-bond donors (Lipinski definition) is 0. The minimum absolute atomic E-state index is 0.0576. The van der Waals surface area contributed by atoms with Crippen molar-refractivity contribution in [3.05, 3.63) is 77.4 Å². The maximum atomic E-state index is 11.5. The quantitative estimate of drug-likeness (QED) is 0.532. The van der Waals surface area contributed by atoms with Crippen LogP contribution in [0.3, 0.4) is 0 Å². The number of methoxy groups -OCH3 is 1. The number of benzene rings is 3. The van der Waals surface area contributed by atoms with Crippen LogP contribution < -0.4 is 4.74 Å². The average Bonchev–Trinajstić information content (AvgIpc) is 3.08. The van der Waals surface area contributed by atoms with Crippen molar-refractivity contribution in [2.45, 2.75) is 25.0 Å². The number of hydrogen-bond acceptors (Lipinski definition) is 5. The third-order valence-corrected chi connectivity index (χ3v) is 5.90. The maximum Gasteiger partial charge on any atom is 0.264 e. The van der Waals surface area contributed by atoms with E-state index in [1.54, 1.807) is 7.11 Å². The van der Waals surface area contributed by atoms with E-state index in [0.717, 1.165) is 39.5 Å². The van der Waals surface area contributed by atoms with Crippen molar-refractivity contribution in [1.29, 1.82) is 0 Å². The Morgan fingerprint density at radius 2 is 1.69 bits per heavy atom. The highest BCUT2D eigenvalue weighted by molar-refractivity contribution is 7.85. The highest BCUT2D eigenvalue weighted by atomic mass is 32.2. The Morgan fingerprint density at radius 1 is 1.00 bits per heavy atom. The monoisotopic (exact) mass is 412 g/mol. The molecule has 2 atom stereocenters. The highest BCUT2D eigenvalue weighted by Gasteiger charge is 2.34. The zero-order valence-electron chi connectivity index (χ0n) is 16.5. The summed E-state index contributed by atoms with van der Waals surface area (Å²) in [5, 5.41) is 2.05. The minimum atomic E-state index is -3.50. The van der Waals surface area contributed by atoms with E-state index in [9.17, 15) is 8.42 Å². The van der Waals surface area contributed by atoms with Gasteiger partial charge in [-0.3, -0.25) is 4.18 Å². The molecular weight excluding hydrogens is 388 g/mol. The lowest BCUT2D eigenvalue weighted by Crippen LogP contribution is -2.11. The first-order chi connectivity index (χ1) is 14.0. The molecule has 3 aromatic carbocycles. The van der Waals surface area contributed by atoms with Crippen LogP contribution in [-0.4, -0.2) is 28.4 Å². The molecule has 0 fully saturated rings. The average molecular weight is 413 g/mol. The van der Waals surface area contributed by atoms with Crippen LogP contribution in [0.25, 0.3) is 10.8 Å². The van der Waals surface area contributed by atoms with E-state index in [-0.39, 0.29) is 18.6 Å². The Hall–Kier alpha value is -2.41. The molecule has 1 aliphatic rings. The molecule has 0 N–H and O–H groups in total. The summed E-state index contributed by atoms with van der Waals surface area (Å²) in [6.45, 7) is 0.585. The summed E-state index contributed by atoms with van der Waals surface area (Å²) in [7, 11) is -1.83. The summed E-state index contributed by atoms with van der Waals surface area (Å²) in [5.74, 6) is 0.743. The predicted octanol–water partition coefficient (Wildman–Crippen LogP) is 4.57. The largest absolute Gasteiger partial charge is 0.488 e. The van der Waals surface area contributed by atoms with E-state index >= 15 is 0 Å². The third-order valence-electron chi connectivity index (χ3n) is 5.34. The second-order valence-corrected chi connectivity index (χ2v) is 8.99. The van der Waals surface area contributed by atoms with Gasteiger partial charge in [0, 0.05) is 18.4 Å². The highest BCUT2D eigenvalue weighted by Crippen LogP contribution is 2.48. The summed E-state index contributed by atoms with van der Waals surface area (Å²) in [5.41, 5.74) is 3.22. The van der Waals surface area contributed by atoms with Gasteiger partial charge < -0.3 is 9.47 Å². The lowest BCUT2D eigenvalue weighted by molar-refractivity contribution is 0.0959. The molecule has 0 radical (unpaired) electrons. The van der Waals surface area contributed by atoms with Crippen molar-refractivity contribution < 1.29 is 22.1 Å². The lowest BCUT2D eigenvalue weighted by atomic mass is 9.94. The van der Waals surface area contributed by atoms with Crippen LogP contribution in [0.2, 0.25) is 0 Å². The van der Waals surface area contributed by atoms with Crippen molar-refractivity contribution in [3.8, 4) is 5.75 Å². The van der Waals surface area contributed by atoms with Crippen LogP contribution in [-0.2, 0) is 25.6 Å². The van der Waals surface area contributed by atoms with Gasteiger partial charge in [-0.2, -0.15) is 8.42 Å². The molecule has 0 saturated heterocycles. The van der Waals surface area contributed by atoms with Gasteiger partial charge in [-0.1, -0.05) is 54.6 Å². The molecule has 0 aromatic heterocycles. The number of rotatable bonds is 7. The zero-order valence-corrected chi connectivity index (χ0v) is 17.3. The minimum Gasteiger partial charge on any atom is -0.488 e. The molecule has 0 aliphatic heterocycles. The van der Waals surface area contributed by atoms with Gasteiger partial charge in [-0.05, 0) is 34.6 Å². The predicted molar refractivity (Wildman–Crippen MR) is 113 cm³/mol. The van der Waals surface area contributed by atoms with E-state index in [1.807, 2.05) is 54.6 Å². The number of ether oxygens (including phenoxy) is 2. The molecule has 0 bridgehead atoms. The van der Waals surface area contributed by atoms with Crippen LogP contribution in [0.15, 0.2) is 60.7 Å². The topological polar surface area (TPSA) is 61.8 Å². The van der Waals surface area contributed by atoms with E-state index < -0.39 is 10.1 Å². The standard InChI is InChI=1S/C23H24O5S/c1-26-21-12-17(15-28-29(2,24)25)23-19-11-7-6-10-18(19)22(13-20(21)23)27-14-16-8-4-3-5-9-16/h3-11,13,17,21H,12,14-15H2,1-2H3. The van der Waals surface area contributed by atoms with Crippen LogP contribution in [0.5, 0.6) is 5.75 Å². The smallest absolute Gasteiger partial charge is 0.264 e. The van der Waals surface area contributed by atoms with E-state index in [1.165, 1.54) is 0 Å². The molecule has 0 spiro atoms. The maximum absolute atomic E-state index is 11.5. The van der Waals surface area contributed by atoms with E-state index in [2.05, 4.69) is 6.07 Å². The van der Waals surface area contributed by atoms with Gasteiger partial charge in [0.1, 0.15) is 12.4 Å². The second kappa shape index (κ2) is 8.14. The summed E-state index contributed by atoms with van der Waals surface area (Å²) in [6, 6.07) is 20.1. The number of fused-ring (bicyclic) bond motifs is 3. The molecule has 6 heteroatoms.